The Labute approximate surface area is 105 Å². The summed E-state index contributed by atoms with van der Waals surface area (Å²) in [4.78, 5) is 11.2. The van der Waals surface area contributed by atoms with Gasteiger partial charge in [-0.2, -0.15) is 0 Å². The van der Waals surface area contributed by atoms with Crippen molar-refractivity contribution in [2.45, 2.75) is 65.5 Å². The van der Waals surface area contributed by atoms with E-state index in [1.54, 1.807) is 0 Å². The second-order valence-electron chi connectivity index (χ2n) is 6.19. The van der Waals surface area contributed by atoms with Gasteiger partial charge >= 0.3 is 5.97 Å². The Balaban J connectivity index is 2.55. The van der Waals surface area contributed by atoms with E-state index in [2.05, 4.69) is 33.0 Å². The average Bonchev–Trinajstić information content (AvgIpc) is 2.21. The van der Waals surface area contributed by atoms with Gasteiger partial charge in [-0.25, -0.2) is 0 Å². The first-order valence-electron chi connectivity index (χ1n) is 6.89. The van der Waals surface area contributed by atoms with Gasteiger partial charge in [0, 0.05) is 6.04 Å². The van der Waals surface area contributed by atoms with Crippen LogP contribution in [0.2, 0.25) is 0 Å². The average molecular weight is 241 g/mol. The predicted octanol–water partition coefficient (Wildman–Crippen LogP) is 2.90. The second kappa shape index (κ2) is 6.39. The fourth-order valence-corrected chi connectivity index (χ4v) is 2.73. The van der Waals surface area contributed by atoms with Crippen LogP contribution in [0, 0.1) is 17.8 Å². The van der Waals surface area contributed by atoms with Crippen molar-refractivity contribution in [1.82, 2.24) is 5.32 Å². The molecule has 0 radical (unpaired) electrons. The van der Waals surface area contributed by atoms with Crippen molar-refractivity contribution >= 4 is 5.97 Å². The van der Waals surface area contributed by atoms with Gasteiger partial charge in [0.2, 0.25) is 0 Å². The molecule has 100 valence electrons. The maximum absolute atomic E-state index is 11.2. The SMILES string of the molecule is CC(C)CC(NC1CC(C)CCC1C)C(=O)O. The standard InChI is InChI=1S/C14H27NO2/c1-9(2)7-13(14(16)17)15-12-8-10(3)5-6-11(12)4/h9-13,15H,5-8H2,1-4H3,(H,16,17). The molecule has 1 saturated carbocycles. The molecule has 1 fully saturated rings. The molecular weight excluding hydrogens is 214 g/mol. The zero-order chi connectivity index (χ0) is 13.0. The molecule has 3 heteroatoms. The quantitative estimate of drug-likeness (QED) is 0.778. The van der Waals surface area contributed by atoms with Crippen LogP contribution in [-0.4, -0.2) is 23.2 Å². The number of carboxylic acids is 1. The molecule has 0 aromatic rings. The van der Waals surface area contributed by atoms with Gasteiger partial charge in [0.05, 0.1) is 0 Å². The van der Waals surface area contributed by atoms with Gasteiger partial charge < -0.3 is 10.4 Å². The van der Waals surface area contributed by atoms with Crippen LogP contribution < -0.4 is 5.32 Å². The Hall–Kier alpha value is -0.570. The van der Waals surface area contributed by atoms with Gasteiger partial charge in [-0.3, -0.25) is 4.79 Å². The van der Waals surface area contributed by atoms with Crippen LogP contribution in [0.15, 0.2) is 0 Å². The van der Waals surface area contributed by atoms with E-state index in [9.17, 15) is 9.90 Å². The molecule has 17 heavy (non-hydrogen) atoms. The Morgan fingerprint density at radius 2 is 2.00 bits per heavy atom. The number of aliphatic carboxylic acids is 1. The van der Waals surface area contributed by atoms with Crippen molar-refractivity contribution in [3.63, 3.8) is 0 Å². The van der Waals surface area contributed by atoms with Crippen LogP contribution in [-0.2, 0) is 4.79 Å². The van der Waals surface area contributed by atoms with Crippen molar-refractivity contribution < 1.29 is 9.90 Å². The summed E-state index contributed by atoms with van der Waals surface area (Å²) in [7, 11) is 0. The summed E-state index contributed by atoms with van der Waals surface area (Å²) in [5.74, 6) is 1.03. The van der Waals surface area contributed by atoms with Crippen LogP contribution in [0.1, 0.15) is 53.4 Å². The molecule has 1 rings (SSSR count). The van der Waals surface area contributed by atoms with Crippen LogP contribution in [0.4, 0.5) is 0 Å². The molecular formula is C14H27NO2. The predicted molar refractivity (Wildman–Crippen MR) is 70.0 cm³/mol. The summed E-state index contributed by atoms with van der Waals surface area (Å²) in [6.45, 7) is 8.64. The van der Waals surface area contributed by atoms with E-state index in [-0.39, 0.29) is 6.04 Å². The Morgan fingerprint density at radius 1 is 1.35 bits per heavy atom. The molecule has 4 atom stereocenters. The number of carboxylic acid groups (broad SMARTS) is 1. The highest BCUT2D eigenvalue weighted by molar-refractivity contribution is 5.73. The Bertz CT molecular complexity index is 253. The molecule has 0 spiro atoms. The molecule has 1 aliphatic carbocycles. The summed E-state index contributed by atoms with van der Waals surface area (Å²) in [5, 5.41) is 12.6. The van der Waals surface area contributed by atoms with Crippen molar-refractivity contribution in [2.75, 3.05) is 0 Å². The van der Waals surface area contributed by atoms with Gasteiger partial charge in [0.15, 0.2) is 0 Å². The molecule has 0 saturated heterocycles. The zero-order valence-corrected chi connectivity index (χ0v) is 11.6. The van der Waals surface area contributed by atoms with Gasteiger partial charge in [0.1, 0.15) is 6.04 Å². The lowest BCUT2D eigenvalue weighted by Crippen LogP contribution is -2.48. The van der Waals surface area contributed by atoms with E-state index in [1.807, 2.05) is 0 Å². The normalized spacial score (nSPS) is 31.5. The van der Waals surface area contributed by atoms with E-state index >= 15 is 0 Å². The summed E-state index contributed by atoms with van der Waals surface area (Å²) in [5.41, 5.74) is 0. The highest BCUT2D eigenvalue weighted by atomic mass is 16.4. The molecule has 0 heterocycles. The fourth-order valence-electron chi connectivity index (χ4n) is 2.73. The Morgan fingerprint density at radius 3 is 2.53 bits per heavy atom. The molecule has 0 bridgehead atoms. The minimum Gasteiger partial charge on any atom is -0.480 e. The summed E-state index contributed by atoms with van der Waals surface area (Å²) >= 11 is 0. The smallest absolute Gasteiger partial charge is 0.320 e. The molecule has 3 nitrogen and oxygen atoms in total. The van der Waals surface area contributed by atoms with Crippen molar-refractivity contribution in [1.29, 1.82) is 0 Å². The molecule has 0 amide bonds. The number of nitrogens with one attached hydrogen (secondary N) is 1. The highest BCUT2D eigenvalue weighted by Crippen LogP contribution is 2.29. The minimum atomic E-state index is -0.705. The molecule has 1 aliphatic rings. The summed E-state index contributed by atoms with van der Waals surface area (Å²) < 4.78 is 0. The van der Waals surface area contributed by atoms with Crippen LogP contribution in [0.5, 0.6) is 0 Å². The topological polar surface area (TPSA) is 49.3 Å². The molecule has 0 aromatic heterocycles. The van der Waals surface area contributed by atoms with E-state index in [0.29, 0.717) is 24.3 Å². The van der Waals surface area contributed by atoms with Crippen LogP contribution in [0.3, 0.4) is 0 Å². The van der Waals surface area contributed by atoms with Crippen LogP contribution in [0.25, 0.3) is 0 Å². The molecule has 4 unspecified atom stereocenters. The third-order valence-corrected chi connectivity index (χ3v) is 3.88. The van der Waals surface area contributed by atoms with E-state index in [1.165, 1.54) is 12.8 Å². The van der Waals surface area contributed by atoms with Gasteiger partial charge in [-0.1, -0.05) is 34.1 Å². The maximum Gasteiger partial charge on any atom is 0.320 e. The molecule has 0 aliphatic heterocycles. The van der Waals surface area contributed by atoms with E-state index < -0.39 is 5.97 Å². The molecule has 0 aromatic carbocycles. The number of carbonyl (C=O) groups is 1. The third kappa shape index (κ3) is 4.66. The number of hydrogen-bond acceptors (Lipinski definition) is 2. The van der Waals surface area contributed by atoms with Crippen molar-refractivity contribution in [3.05, 3.63) is 0 Å². The van der Waals surface area contributed by atoms with Crippen molar-refractivity contribution in [3.8, 4) is 0 Å². The first-order valence-corrected chi connectivity index (χ1v) is 6.89. The lowest BCUT2D eigenvalue weighted by Gasteiger charge is -2.35. The van der Waals surface area contributed by atoms with E-state index in [4.69, 9.17) is 0 Å². The monoisotopic (exact) mass is 241 g/mol. The largest absolute Gasteiger partial charge is 0.480 e. The van der Waals surface area contributed by atoms with Crippen LogP contribution >= 0.6 is 0 Å². The van der Waals surface area contributed by atoms with Gasteiger partial charge in [-0.05, 0) is 37.0 Å². The van der Waals surface area contributed by atoms with Crippen molar-refractivity contribution in [2.24, 2.45) is 17.8 Å². The number of hydrogen-bond donors (Lipinski definition) is 2. The first kappa shape index (κ1) is 14.5. The van der Waals surface area contributed by atoms with Gasteiger partial charge in [0.25, 0.3) is 0 Å². The minimum absolute atomic E-state index is 0.374. The number of rotatable bonds is 5. The second-order valence-corrected chi connectivity index (χ2v) is 6.19. The third-order valence-electron chi connectivity index (χ3n) is 3.88. The summed E-state index contributed by atoms with van der Waals surface area (Å²) in [6.07, 6.45) is 4.32. The maximum atomic E-state index is 11.2. The fraction of sp³-hybridized carbons (Fsp3) is 0.929. The zero-order valence-electron chi connectivity index (χ0n) is 11.6. The highest BCUT2D eigenvalue weighted by Gasteiger charge is 2.29. The lowest BCUT2D eigenvalue weighted by atomic mass is 9.79. The van der Waals surface area contributed by atoms with Gasteiger partial charge in [-0.15, -0.1) is 0 Å². The summed E-state index contributed by atoms with van der Waals surface area (Å²) in [6, 6.07) is -0.00801. The Kier molecular flexibility index (Phi) is 5.44. The molecule has 2 N–H and O–H groups in total. The lowest BCUT2D eigenvalue weighted by molar-refractivity contribution is -0.140. The first-order chi connectivity index (χ1) is 7.90. The van der Waals surface area contributed by atoms with E-state index in [0.717, 1.165) is 12.3 Å².